The van der Waals surface area contributed by atoms with Crippen LogP contribution in [0.15, 0.2) is 18.5 Å². The lowest BCUT2D eigenvalue weighted by molar-refractivity contribution is 0.0343. The lowest BCUT2D eigenvalue weighted by atomic mass is 10.2. The van der Waals surface area contributed by atoms with Crippen molar-refractivity contribution in [1.82, 2.24) is 24.8 Å². The van der Waals surface area contributed by atoms with Gasteiger partial charge in [-0.15, -0.1) is 0 Å². The molecule has 0 spiro atoms. The molecule has 2 aromatic rings. The third-order valence-corrected chi connectivity index (χ3v) is 3.78. The van der Waals surface area contributed by atoms with Gasteiger partial charge in [-0.3, -0.25) is 4.90 Å². The van der Waals surface area contributed by atoms with Crippen molar-refractivity contribution in [3.05, 3.63) is 29.7 Å². The molecule has 1 saturated heterocycles. The second-order valence-electron chi connectivity index (χ2n) is 5.75. The van der Waals surface area contributed by atoms with E-state index >= 15 is 0 Å². The summed E-state index contributed by atoms with van der Waals surface area (Å²) in [6, 6.07) is 2.43. The van der Waals surface area contributed by atoms with Gasteiger partial charge in [0.15, 0.2) is 5.65 Å². The Morgan fingerprint density at radius 2 is 2.19 bits per heavy atom. The van der Waals surface area contributed by atoms with Gasteiger partial charge in [-0.2, -0.15) is 5.10 Å². The summed E-state index contributed by atoms with van der Waals surface area (Å²) in [4.78, 5) is 6.87. The molecule has 21 heavy (non-hydrogen) atoms. The maximum atomic E-state index is 5.37. The summed E-state index contributed by atoms with van der Waals surface area (Å²) in [6.45, 7) is 9.85. The molecule has 1 unspecified atom stereocenters. The van der Waals surface area contributed by atoms with E-state index in [0.717, 1.165) is 56.3 Å². The van der Waals surface area contributed by atoms with Crippen LogP contribution < -0.4 is 5.32 Å². The third-order valence-electron chi connectivity index (χ3n) is 3.78. The smallest absolute Gasteiger partial charge is 0.155 e. The van der Waals surface area contributed by atoms with Crippen molar-refractivity contribution in [2.45, 2.75) is 26.4 Å². The Hall–Kier alpha value is -1.50. The predicted molar refractivity (Wildman–Crippen MR) is 81.3 cm³/mol. The number of hydrogen-bond acceptors (Lipinski definition) is 5. The molecule has 6 heteroatoms. The highest BCUT2D eigenvalue weighted by Gasteiger charge is 2.13. The minimum Gasteiger partial charge on any atom is -0.379 e. The molecule has 1 fully saturated rings. The first kappa shape index (κ1) is 14.4. The van der Waals surface area contributed by atoms with Crippen LogP contribution in [0.5, 0.6) is 0 Å². The van der Waals surface area contributed by atoms with Crippen LogP contribution in [0, 0.1) is 6.92 Å². The highest BCUT2D eigenvalue weighted by atomic mass is 16.5. The fraction of sp³-hybridized carbons (Fsp3) is 0.600. The van der Waals surface area contributed by atoms with Gasteiger partial charge in [0.1, 0.15) is 0 Å². The number of aromatic nitrogens is 3. The Kier molecular flexibility index (Phi) is 4.48. The van der Waals surface area contributed by atoms with Crippen LogP contribution in [-0.2, 0) is 11.3 Å². The second kappa shape index (κ2) is 6.51. The number of hydrogen-bond donors (Lipinski definition) is 1. The van der Waals surface area contributed by atoms with Crippen LogP contribution in [0.25, 0.3) is 5.65 Å². The van der Waals surface area contributed by atoms with E-state index in [-0.39, 0.29) is 0 Å². The van der Waals surface area contributed by atoms with Crippen molar-refractivity contribution in [2.24, 2.45) is 0 Å². The first-order valence-corrected chi connectivity index (χ1v) is 7.55. The van der Waals surface area contributed by atoms with Gasteiger partial charge >= 0.3 is 0 Å². The molecule has 1 aliphatic heterocycles. The second-order valence-corrected chi connectivity index (χ2v) is 5.75. The van der Waals surface area contributed by atoms with E-state index in [0.29, 0.717) is 6.04 Å². The number of nitrogens with zero attached hydrogens (tertiary/aromatic N) is 4. The molecule has 0 bridgehead atoms. The van der Waals surface area contributed by atoms with Crippen LogP contribution in [0.4, 0.5) is 0 Å². The first-order chi connectivity index (χ1) is 10.2. The van der Waals surface area contributed by atoms with Crippen molar-refractivity contribution in [3.63, 3.8) is 0 Å². The molecule has 3 heterocycles. The topological polar surface area (TPSA) is 54.7 Å². The fourth-order valence-corrected chi connectivity index (χ4v) is 2.65. The van der Waals surface area contributed by atoms with Crippen molar-refractivity contribution < 1.29 is 4.74 Å². The predicted octanol–water partition coefficient (Wildman–Crippen LogP) is 0.848. The van der Waals surface area contributed by atoms with Crippen LogP contribution in [0.1, 0.15) is 18.2 Å². The molecule has 2 aromatic heterocycles. The van der Waals surface area contributed by atoms with E-state index in [9.17, 15) is 0 Å². The normalized spacial score (nSPS) is 18.2. The molecule has 0 aliphatic carbocycles. The maximum Gasteiger partial charge on any atom is 0.155 e. The minimum atomic E-state index is 0.443. The number of rotatable bonds is 5. The van der Waals surface area contributed by atoms with E-state index < -0.39 is 0 Å². The summed E-state index contributed by atoms with van der Waals surface area (Å²) in [5, 5.41) is 7.95. The molecule has 114 valence electrons. The molecular formula is C15H23N5O. The largest absolute Gasteiger partial charge is 0.379 e. The molecule has 3 rings (SSSR count). The van der Waals surface area contributed by atoms with Gasteiger partial charge in [-0.05, 0) is 13.8 Å². The minimum absolute atomic E-state index is 0.443. The monoisotopic (exact) mass is 289 g/mol. The summed E-state index contributed by atoms with van der Waals surface area (Å²) in [5.41, 5.74) is 3.05. The van der Waals surface area contributed by atoms with Gasteiger partial charge in [0.25, 0.3) is 0 Å². The Bertz CT molecular complexity index is 591. The van der Waals surface area contributed by atoms with Gasteiger partial charge < -0.3 is 10.1 Å². The van der Waals surface area contributed by atoms with Gasteiger partial charge in [0.05, 0.1) is 18.9 Å². The first-order valence-electron chi connectivity index (χ1n) is 7.55. The van der Waals surface area contributed by atoms with Crippen molar-refractivity contribution >= 4 is 5.65 Å². The third kappa shape index (κ3) is 3.78. The summed E-state index contributed by atoms with van der Waals surface area (Å²) in [5.74, 6) is 0. The highest BCUT2D eigenvalue weighted by molar-refractivity contribution is 5.38. The Morgan fingerprint density at radius 3 is 3.00 bits per heavy atom. The summed E-state index contributed by atoms with van der Waals surface area (Å²) < 4.78 is 7.22. The molecule has 6 nitrogen and oxygen atoms in total. The molecule has 1 aliphatic rings. The molecule has 0 amide bonds. The lowest BCUT2D eigenvalue weighted by Crippen LogP contribution is -2.44. The highest BCUT2D eigenvalue weighted by Crippen LogP contribution is 2.05. The zero-order valence-electron chi connectivity index (χ0n) is 12.7. The van der Waals surface area contributed by atoms with Crippen LogP contribution in [0.3, 0.4) is 0 Å². The average molecular weight is 289 g/mol. The zero-order valence-corrected chi connectivity index (χ0v) is 12.7. The average Bonchev–Trinajstić information content (AvgIpc) is 2.85. The Balaban J connectivity index is 1.52. The summed E-state index contributed by atoms with van der Waals surface area (Å²) in [7, 11) is 0. The zero-order chi connectivity index (χ0) is 14.7. The quantitative estimate of drug-likeness (QED) is 0.884. The van der Waals surface area contributed by atoms with Gasteiger partial charge in [-0.1, -0.05) is 0 Å². The van der Waals surface area contributed by atoms with Gasteiger partial charge in [0.2, 0.25) is 0 Å². The van der Waals surface area contributed by atoms with Crippen molar-refractivity contribution in [1.29, 1.82) is 0 Å². The molecule has 1 atom stereocenters. The van der Waals surface area contributed by atoms with Crippen LogP contribution in [-0.4, -0.2) is 58.4 Å². The fourth-order valence-electron chi connectivity index (χ4n) is 2.65. The molecule has 1 N–H and O–H groups in total. The Morgan fingerprint density at radius 1 is 1.38 bits per heavy atom. The van der Waals surface area contributed by atoms with E-state index in [1.807, 2.05) is 29.9 Å². The van der Waals surface area contributed by atoms with E-state index in [1.165, 1.54) is 0 Å². The van der Waals surface area contributed by atoms with Gasteiger partial charge in [-0.25, -0.2) is 9.50 Å². The Labute approximate surface area is 125 Å². The number of fused-ring (bicyclic) bond motifs is 1. The van der Waals surface area contributed by atoms with Crippen LogP contribution in [0.2, 0.25) is 0 Å². The van der Waals surface area contributed by atoms with E-state index in [1.54, 1.807) is 0 Å². The summed E-state index contributed by atoms with van der Waals surface area (Å²) in [6.07, 6.45) is 3.97. The molecule has 0 saturated carbocycles. The number of ether oxygens (including phenoxy) is 1. The maximum absolute atomic E-state index is 5.37. The van der Waals surface area contributed by atoms with Crippen LogP contribution >= 0.6 is 0 Å². The van der Waals surface area contributed by atoms with Crippen molar-refractivity contribution in [2.75, 3.05) is 32.8 Å². The number of morpholine rings is 1. The van der Waals surface area contributed by atoms with E-state index in [4.69, 9.17) is 4.74 Å². The van der Waals surface area contributed by atoms with Gasteiger partial charge in [0, 0.05) is 56.2 Å². The summed E-state index contributed by atoms with van der Waals surface area (Å²) >= 11 is 0. The lowest BCUT2D eigenvalue weighted by Gasteiger charge is -2.29. The number of aryl methyl sites for hydroxylation is 1. The standard InChI is InChI=1S/C15H23N5O/c1-12-7-15-17-9-14(11-20(15)18-12)8-16-13(2)10-19-3-5-21-6-4-19/h7,9,11,13,16H,3-6,8,10H2,1-2H3. The SMILES string of the molecule is Cc1cc2ncc(CNC(C)CN3CCOCC3)cn2n1. The van der Waals surface area contributed by atoms with Crippen molar-refractivity contribution in [3.8, 4) is 0 Å². The molecule has 0 aromatic carbocycles. The number of nitrogens with one attached hydrogen (secondary N) is 1. The molecule has 0 radical (unpaired) electrons. The van der Waals surface area contributed by atoms with E-state index in [2.05, 4.69) is 27.2 Å². The molecular weight excluding hydrogens is 266 g/mol.